The first kappa shape index (κ1) is 9.01. The Morgan fingerprint density at radius 2 is 2.33 bits per heavy atom. The Kier molecular flexibility index (Phi) is 3.05. The molecule has 1 aromatic carbocycles. The van der Waals surface area contributed by atoms with Crippen molar-refractivity contribution < 1.29 is 9.50 Å². The molecule has 0 unspecified atom stereocenters. The first-order chi connectivity index (χ1) is 5.77. The van der Waals surface area contributed by atoms with Crippen molar-refractivity contribution in [1.82, 2.24) is 0 Å². The van der Waals surface area contributed by atoms with Crippen LogP contribution in [0.3, 0.4) is 0 Å². The molecule has 0 aliphatic rings. The quantitative estimate of drug-likeness (QED) is 0.650. The van der Waals surface area contributed by atoms with Crippen LogP contribution in [-0.2, 0) is 0 Å². The smallest absolute Gasteiger partial charge is 0.123 e. The molecular formula is C9H8BFO. The average Bonchev–Trinajstić information content (AvgIpc) is 2.07. The van der Waals surface area contributed by atoms with Gasteiger partial charge < -0.3 is 5.11 Å². The van der Waals surface area contributed by atoms with Crippen LogP contribution < -0.4 is 0 Å². The average molecular weight is 162 g/mol. The van der Waals surface area contributed by atoms with Crippen LogP contribution in [0.4, 0.5) is 4.39 Å². The van der Waals surface area contributed by atoms with E-state index in [-0.39, 0.29) is 12.4 Å². The first-order valence-corrected chi connectivity index (χ1v) is 3.55. The van der Waals surface area contributed by atoms with Crippen LogP contribution in [-0.4, -0.2) is 19.6 Å². The van der Waals surface area contributed by atoms with Gasteiger partial charge in [-0.1, -0.05) is 12.1 Å². The fourth-order valence-corrected chi connectivity index (χ4v) is 0.928. The van der Waals surface area contributed by atoms with E-state index in [1.807, 2.05) is 0 Å². The van der Waals surface area contributed by atoms with E-state index in [9.17, 15) is 4.39 Å². The van der Waals surface area contributed by atoms with Crippen molar-refractivity contribution in [3.8, 4) is 0 Å². The summed E-state index contributed by atoms with van der Waals surface area (Å²) in [6.45, 7) is -0.181. The Bertz CT molecular complexity index is 296. The zero-order chi connectivity index (χ0) is 8.97. The molecule has 0 spiro atoms. The Hall–Kier alpha value is -1.09. The van der Waals surface area contributed by atoms with Crippen molar-refractivity contribution in [3.05, 3.63) is 41.6 Å². The molecular weight excluding hydrogens is 154 g/mol. The molecule has 60 valence electrons. The first-order valence-electron chi connectivity index (χ1n) is 3.55. The second-order valence-electron chi connectivity index (χ2n) is 2.36. The minimum atomic E-state index is -0.333. The third-order valence-electron chi connectivity index (χ3n) is 1.57. The second kappa shape index (κ2) is 4.07. The molecule has 0 atom stereocenters. The van der Waals surface area contributed by atoms with Crippen molar-refractivity contribution in [2.45, 2.75) is 0 Å². The normalized spacial score (nSPS) is 11.7. The van der Waals surface area contributed by atoms with Gasteiger partial charge in [-0.25, -0.2) is 4.39 Å². The van der Waals surface area contributed by atoms with E-state index < -0.39 is 0 Å². The van der Waals surface area contributed by atoms with Crippen LogP contribution in [0.15, 0.2) is 30.2 Å². The molecule has 3 heteroatoms. The molecule has 0 saturated heterocycles. The van der Waals surface area contributed by atoms with Gasteiger partial charge in [-0.05, 0) is 23.3 Å². The van der Waals surface area contributed by atoms with Crippen molar-refractivity contribution in [3.63, 3.8) is 0 Å². The highest BCUT2D eigenvalue weighted by molar-refractivity contribution is 6.20. The van der Waals surface area contributed by atoms with Gasteiger partial charge in [0.15, 0.2) is 0 Å². The molecule has 1 N–H and O–H groups in total. The van der Waals surface area contributed by atoms with Gasteiger partial charge in [0.1, 0.15) is 13.7 Å². The number of halogens is 1. The molecule has 1 rings (SSSR count). The zero-order valence-corrected chi connectivity index (χ0v) is 6.50. The second-order valence-corrected chi connectivity index (χ2v) is 2.36. The minimum Gasteiger partial charge on any atom is -0.392 e. The number of rotatable bonds is 2. The molecule has 1 nitrogen and oxygen atoms in total. The summed E-state index contributed by atoms with van der Waals surface area (Å²) in [7, 11) is 5.22. The number of hydrogen-bond donors (Lipinski definition) is 1. The third-order valence-corrected chi connectivity index (χ3v) is 1.57. The van der Waals surface area contributed by atoms with Gasteiger partial charge in [-0.15, -0.1) is 5.98 Å². The van der Waals surface area contributed by atoms with Gasteiger partial charge >= 0.3 is 0 Å². The van der Waals surface area contributed by atoms with Crippen LogP contribution in [0.25, 0.3) is 5.57 Å². The molecule has 0 heterocycles. The summed E-state index contributed by atoms with van der Waals surface area (Å²) in [4.78, 5) is 0. The van der Waals surface area contributed by atoms with Crippen molar-refractivity contribution in [1.29, 1.82) is 0 Å². The molecule has 0 aliphatic carbocycles. The lowest BCUT2D eigenvalue weighted by Gasteiger charge is -2.02. The Labute approximate surface area is 71.9 Å². The number of aliphatic hydroxyl groups is 1. The van der Waals surface area contributed by atoms with Crippen molar-refractivity contribution >= 4 is 13.4 Å². The SMILES string of the molecule is [B]C=C(CO)c1cccc(F)c1. The lowest BCUT2D eigenvalue weighted by atomic mass is 9.99. The van der Waals surface area contributed by atoms with Gasteiger partial charge in [-0.3, -0.25) is 0 Å². The highest BCUT2D eigenvalue weighted by Crippen LogP contribution is 2.13. The zero-order valence-electron chi connectivity index (χ0n) is 6.50. The lowest BCUT2D eigenvalue weighted by molar-refractivity contribution is 0.350. The maximum absolute atomic E-state index is 12.7. The Balaban J connectivity index is 3.02. The van der Waals surface area contributed by atoms with E-state index in [2.05, 4.69) is 0 Å². The summed E-state index contributed by atoms with van der Waals surface area (Å²) >= 11 is 0. The summed E-state index contributed by atoms with van der Waals surface area (Å²) in [6, 6.07) is 5.94. The number of hydrogen-bond acceptors (Lipinski definition) is 1. The van der Waals surface area contributed by atoms with E-state index in [1.165, 1.54) is 18.1 Å². The maximum atomic E-state index is 12.7. The molecule has 0 fully saturated rings. The molecule has 2 radical (unpaired) electrons. The van der Waals surface area contributed by atoms with E-state index in [4.69, 9.17) is 13.0 Å². The van der Waals surface area contributed by atoms with Crippen LogP contribution in [0.1, 0.15) is 5.56 Å². The monoisotopic (exact) mass is 162 g/mol. The Morgan fingerprint density at radius 3 is 2.83 bits per heavy atom. The van der Waals surface area contributed by atoms with Gasteiger partial charge in [0.2, 0.25) is 0 Å². The van der Waals surface area contributed by atoms with Crippen LogP contribution >= 0.6 is 0 Å². The summed E-state index contributed by atoms with van der Waals surface area (Å²) in [6.07, 6.45) is 0. The largest absolute Gasteiger partial charge is 0.392 e. The van der Waals surface area contributed by atoms with Crippen LogP contribution in [0.2, 0.25) is 0 Å². The summed E-state index contributed by atoms with van der Waals surface area (Å²) in [5.74, 6) is 0.940. The molecule has 12 heavy (non-hydrogen) atoms. The van der Waals surface area contributed by atoms with Gasteiger partial charge in [0, 0.05) is 0 Å². The van der Waals surface area contributed by atoms with Crippen LogP contribution in [0, 0.1) is 5.82 Å². The van der Waals surface area contributed by atoms with Crippen molar-refractivity contribution in [2.24, 2.45) is 0 Å². The fraction of sp³-hybridized carbons (Fsp3) is 0.111. The van der Waals surface area contributed by atoms with E-state index in [1.54, 1.807) is 12.1 Å². The summed E-state index contributed by atoms with van der Waals surface area (Å²) < 4.78 is 12.7. The highest BCUT2D eigenvalue weighted by atomic mass is 19.1. The summed E-state index contributed by atoms with van der Waals surface area (Å²) in [5.41, 5.74) is 1.13. The predicted octanol–water partition coefficient (Wildman–Crippen LogP) is 1.33. The van der Waals surface area contributed by atoms with Crippen molar-refractivity contribution in [2.75, 3.05) is 6.61 Å². The topological polar surface area (TPSA) is 20.2 Å². The molecule has 0 amide bonds. The highest BCUT2D eigenvalue weighted by Gasteiger charge is 1.98. The summed E-state index contributed by atoms with van der Waals surface area (Å²) in [5, 5.41) is 8.80. The molecule has 1 aromatic rings. The molecule has 0 saturated carbocycles. The third kappa shape index (κ3) is 1.95. The molecule has 0 aromatic heterocycles. The number of aliphatic hydroxyl groups excluding tert-OH is 1. The molecule has 0 aliphatic heterocycles. The fourth-order valence-electron chi connectivity index (χ4n) is 0.928. The van der Waals surface area contributed by atoms with E-state index in [0.717, 1.165) is 0 Å². The van der Waals surface area contributed by atoms with Gasteiger partial charge in [0.05, 0.1) is 6.61 Å². The van der Waals surface area contributed by atoms with E-state index in [0.29, 0.717) is 11.1 Å². The molecule has 0 bridgehead atoms. The maximum Gasteiger partial charge on any atom is 0.123 e. The predicted molar refractivity (Wildman–Crippen MR) is 47.2 cm³/mol. The minimum absolute atomic E-state index is 0.181. The van der Waals surface area contributed by atoms with Gasteiger partial charge in [-0.2, -0.15) is 0 Å². The van der Waals surface area contributed by atoms with Gasteiger partial charge in [0.25, 0.3) is 0 Å². The van der Waals surface area contributed by atoms with Crippen LogP contribution in [0.5, 0.6) is 0 Å². The standard InChI is InChI=1S/C9H8BFO/c10-5-8(6-12)7-2-1-3-9(11)4-7/h1-5,12H,6H2. The Morgan fingerprint density at radius 1 is 1.58 bits per heavy atom. The number of benzene rings is 1. The lowest BCUT2D eigenvalue weighted by Crippen LogP contribution is -1.91. The van der Waals surface area contributed by atoms with E-state index >= 15 is 0 Å².